The summed E-state index contributed by atoms with van der Waals surface area (Å²) in [7, 11) is 0. The zero-order valence-electron chi connectivity index (χ0n) is 14.4. The molecule has 3 rings (SSSR count). The molecule has 0 saturated carbocycles. The van der Waals surface area contributed by atoms with Gasteiger partial charge in [0, 0.05) is 43.8 Å². The van der Waals surface area contributed by atoms with Crippen molar-refractivity contribution in [2.75, 3.05) is 19.6 Å². The van der Waals surface area contributed by atoms with Crippen molar-refractivity contribution in [1.82, 2.24) is 15.2 Å². The van der Waals surface area contributed by atoms with Crippen LogP contribution in [0.1, 0.15) is 53.2 Å². The van der Waals surface area contributed by atoms with E-state index in [1.54, 1.807) is 17.4 Å². The van der Waals surface area contributed by atoms with E-state index in [0.29, 0.717) is 25.1 Å². The highest BCUT2D eigenvalue weighted by Crippen LogP contribution is 2.30. The van der Waals surface area contributed by atoms with E-state index in [1.807, 2.05) is 11.8 Å². The predicted octanol–water partition coefficient (Wildman–Crippen LogP) is 2.82. The highest BCUT2D eigenvalue weighted by atomic mass is 32.1. The van der Waals surface area contributed by atoms with Crippen molar-refractivity contribution in [2.45, 2.75) is 38.5 Å². The Hall–Kier alpha value is -2.15. The molecular formula is C18H23N3O3S. The van der Waals surface area contributed by atoms with Gasteiger partial charge in [0.05, 0.1) is 22.5 Å². The Morgan fingerprint density at radius 3 is 3.12 bits per heavy atom. The van der Waals surface area contributed by atoms with Crippen molar-refractivity contribution in [1.29, 1.82) is 0 Å². The summed E-state index contributed by atoms with van der Waals surface area (Å²) in [5.74, 6) is 0.377. The second-order valence-corrected chi connectivity index (χ2v) is 7.12. The Kier molecular flexibility index (Phi) is 5.86. The molecule has 2 aromatic rings. The third kappa shape index (κ3) is 4.48. The smallest absolute Gasteiger partial charge is 0.257 e. The Balaban J connectivity index is 1.56. The molecule has 1 aliphatic rings. The van der Waals surface area contributed by atoms with Crippen LogP contribution in [0.15, 0.2) is 28.4 Å². The molecule has 1 N–H and O–H groups in total. The highest BCUT2D eigenvalue weighted by molar-refractivity contribution is 7.09. The van der Waals surface area contributed by atoms with E-state index in [1.165, 1.54) is 12.5 Å². The molecular weight excluding hydrogens is 338 g/mol. The van der Waals surface area contributed by atoms with Crippen LogP contribution in [0.2, 0.25) is 0 Å². The van der Waals surface area contributed by atoms with Gasteiger partial charge in [-0.3, -0.25) is 9.59 Å². The normalized spacial score (nSPS) is 17.5. The molecule has 0 spiro atoms. The van der Waals surface area contributed by atoms with Crippen LogP contribution in [0.25, 0.3) is 0 Å². The van der Waals surface area contributed by atoms with Crippen LogP contribution in [0.4, 0.5) is 0 Å². The molecule has 0 aliphatic carbocycles. The molecule has 7 heteroatoms. The van der Waals surface area contributed by atoms with Gasteiger partial charge in [-0.25, -0.2) is 4.98 Å². The van der Waals surface area contributed by atoms with E-state index in [-0.39, 0.29) is 17.7 Å². The van der Waals surface area contributed by atoms with Crippen LogP contribution >= 0.6 is 11.3 Å². The molecule has 2 amide bonds. The Labute approximate surface area is 151 Å². The van der Waals surface area contributed by atoms with E-state index in [0.717, 1.165) is 36.5 Å². The number of hydrogen-bond donors (Lipinski definition) is 1. The molecule has 3 heterocycles. The number of furan rings is 1. The van der Waals surface area contributed by atoms with Crippen molar-refractivity contribution < 1.29 is 14.0 Å². The lowest BCUT2D eigenvalue weighted by molar-refractivity contribution is -0.120. The number of hydrogen-bond acceptors (Lipinski definition) is 5. The van der Waals surface area contributed by atoms with Gasteiger partial charge in [0.15, 0.2) is 0 Å². The van der Waals surface area contributed by atoms with Crippen molar-refractivity contribution >= 4 is 23.2 Å². The number of carbonyl (C=O) groups is 2. The summed E-state index contributed by atoms with van der Waals surface area (Å²) in [6.45, 7) is 3.94. The van der Waals surface area contributed by atoms with Gasteiger partial charge >= 0.3 is 0 Å². The summed E-state index contributed by atoms with van der Waals surface area (Å²) in [4.78, 5) is 30.4. The number of rotatable bonds is 6. The van der Waals surface area contributed by atoms with Gasteiger partial charge in [-0.05, 0) is 18.9 Å². The summed E-state index contributed by atoms with van der Waals surface area (Å²) < 4.78 is 5.02. The first kappa shape index (κ1) is 17.7. The van der Waals surface area contributed by atoms with E-state index in [4.69, 9.17) is 9.40 Å². The minimum atomic E-state index is 0.0255. The van der Waals surface area contributed by atoms with Crippen LogP contribution < -0.4 is 5.32 Å². The minimum absolute atomic E-state index is 0.0255. The van der Waals surface area contributed by atoms with Crippen molar-refractivity contribution in [3.63, 3.8) is 0 Å². The van der Waals surface area contributed by atoms with Gasteiger partial charge in [-0.2, -0.15) is 0 Å². The second-order valence-electron chi connectivity index (χ2n) is 6.23. The van der Waals surface area contributed by atoms with Crippen LogP contribution in [0.5, 0.6) is 0 Å². The Morgan fingerprint density at radius 1 is 1.48 bits per heavy atom. The molecule has 2 aromatic heterocycles. The number of amides is 2. The maximum Gasteiger partial charge on any atom is 0.257 e. The molecule has 1 atom stereocenters. The topological polar surface area (TPSA) is 75.4 Å². The van der Waals surface area contributed by atoms with Gasteiger partial charge in [0.2, 0.25) is 5.91 Å². The molecule has 0 aromatic carbocycles. The van der Waals surface area contributed by atoms with E-state index < -0.39 is 0 Å². The summed E-state index contributed by atoms with van der Waals surface area (Å²) in [5.41, 5.74) is 1.61. The fourth-order valence-corrected chi connectivity index (χ4v) is 3.99. The SMILES string of the molecule is CCC(=O)NCCc1csc(C2CCCN(C(=O)c3ccoc3)C2)n1. The lowest BCUT2D eigenvalue weighted by atomic mass is 9.98. The Morgan fingerprint density at radius 2 is 2.36 bits per heavy atom. The molecule has 1 saturated heterocycles. The van der Waals surface area contributed by atoms with Crippen molar-refractivity contribution in [3.05, 3.63) is 40.2 Å². The molecule has 1 aliphatic heterocycles. The largest absolute Gasteiger partial charge is 0.472 e. The average molecular weight is 361 g/mol. The van der Waals surface area contributed by atoms with Crippen LogP contribution in [0, 0.1) is 0 Å². The monoisotopic (exact) mass is 361 g/mol. The van der Waals surface area contributed by atoms with Gasteiger partial charge in [0.1, 0.15) is 6.26 Å². The van der Waals surface area contributed by atoms with Gasteiger partial charge in [-0.15, -0.1) is 11.3 Å². The third-order valence-electron chi connectivity index (χ3n) is 4.42. The Bertz CT molecular complexity index is 711. The maximum atomic E-state index is 12.5. The van der Waals surface area contributed by atoms with Gasteiger partial charge in [0.25, 0.3) is 5.91 Å². The average Bonchev–Trinajstić information content (AvgIpc) is 3.33. The number of nitrogens with zero attached hydrogens (tertiary/aromatic N) is 2. The lowest BCUT2D eigenvalue weighted by Crippen LogP contribution is -2.38. The number of likely N-dealkylation sites (tertiary alicyclic amines) is 1. The third-order valence-corrected chi connectivity index (χ3v) is 5.48. The molecule has 0 radical (unpaired) electrons. The molecule has 6 nitrogen and oxygen atoms in total. The number of thiazole rings is 1. The first-order chi connectivity index (χ1) is 12.2. The standard InChI is InChI=1S/C18H23N3O3S/c1-2-16(22)19-7-5-15-12-25-17(20-15)13-4-3-8-21(10-13)18(23)14-6-9-24-11-14/h6,9,11-13H,2-5,7-8,10H2,1H3,(H,19,22). The lowest BCUT2D eigenvalue weighted by Gasteiger charge is -2.31. The van der Waals surface area contributed by atoms with E-state index >= 15 is 0 Å². The van der Waals surface area contributed by atoms with Crippen molar-refractivity contribution in [3.8, 4) is 0 Å². The first-order valence-electron chi connectivity index (χ1n) is 8.70. The minimum Gasteiger partial charge on any atom is -0.472 e. The number of carbonyl (C=O) groups excluding carboxylic acids is 2. The first-order valence-corrected chi connectivity index (χ1v) is 9.57. The number of aromatic nitrogens is 1. The molecule has 1 unspecified atom stereocenters. The van der Waals surface area contributed by atoms with E-state index in [9.17, 15) is 9.59 Å². The second kappa shape index (κ2) is 8.29. The summed E-state index contributed by atoms with van der Waals surface area (Å²) >= 11 is 1.65. The quantitative estimate of drug-likeness (QED) is 0.858. The van der Waals surface area contributed by atoms with E-state index in [2.05, 4.69) is 10.7 Å². The zero-order valence-corrected chi connectivity index (χ0v) is 15.2. The van der Waals surface area contributed by atoms with Crippen LogP contribution in [-0.4, -0.2) is 41.3 Å². The molecule has 25 heavy (non-hydrogen) atoms. The van der Waals surface area contributed by atoms with Crippen LogP contribution in [0.3, 0.4) is 0 Å². The summed E-state index contributed by atoms with van der Waals surface area (Å²) in [6, 6.07) is 1.71. The molecule has 1 fully saturated rings. The fraction of sp³-hybridized carbons (Fsp3) is 0.500. The molecule has 0 bridgehead atoms. The van der Waals surface area contributed by atoms with Gasteiger partial charge < -0.3 is 14.6 Å². The summed E-state index contributed by atoms with van der Waals surface area (Å²) in [5, 5.41) is 6.02. The van der Waals surface area contributed by atoms with Crippen LogP contribution in [-0.2, 0) is 11.2 Å². The van der Waals surface area contributed by atoms with Gasteiger partial charge in [-0.1, -0.05) is 6.92 Å². The molecule has 134 valence electrons. The maximum absolute atomic E-state index is 12.5. The summed E-state index contributed by atoms with van der Waals surface area (Å²) in [6.07, 6.45) is 6.30. The highest BCUT2D eigenvalue weighted by Gasteiger charge is 2.27. The number of nitrogens with one attached hydrogen (secondary N) is 1. The zero-order chi connectivity index (χ0) is 17.6. The van der Waals surface area contributed by atoms with Crippen molar-refractivity contribution in [2.24, 2.45) is 0 Å². The fourth-order valence-electron chi connectivity index (χ4n) is 3.01. The number of piperidine rings is 1. The predicted molar refractivity (Wildman–Crippen MR) is 95.7 cm³/mol.